The van der Waals surface area contributed by atoms with Crippen molar-refractivity contribution >= 4 is 28.6 Å². The summed E-state index contributed by atoms with van der Waals surface area (Å²) in [5, 5.41) is 10.4. The Balaban J connectivity index is 2.89. The summed E-state index contributed by atoms with van der Waals surface area (Å²) < 4.78 is 1.07. The third-order valence-corrected chi connectivity index (χ3v) is 2.28. The molecule has 0 aliphatic carbocycles. The lowest BCUT2D eigenvalue weighted by Gasteiger charge is -2.08. The fraction of sp³-hybridized carbons (Fsp3) is 0.125. The Labute approximate surface area is 83.7 Å². The van der Waals surface area contributed by atoms with Crippen molar-refractivity contribution in [3.8, 4) is 0 Å². The number of rotatable bonds is 2. The number of aliphatic carboxylic acids is 1. The Morgan fingerprint density at radius 2 is 1.92 bits per heavy atom. The number of benzene rings is 1. The molecule has 0 radical (unpaired) electrons. The number of carboxylic acids is 1. The van der Waals surface area contributed by atoms with Gasteiger partial charge in [0.2, 0.25) is 0 Å². The first-order valence-electron chi connectivity index (χ1n) is 3.40. The van der Waals surface area contributed by atoms with E-state index in [2.05, 4.69) is 28.3 Å². The predicted molar refractivity (Wildman–Crippen MR) is 49.8 cm³/mol. The van der Waals surface area contributed by atoms with E-state index in [4.69, 9.17) is 0 Å². The Morgan fingerprint density at radius 3 is 2.33 bits per heavy atom. The maximum atomic E-state index is 10.4. The van der Waals surface area contributed by atoms with E-state index in [0.29, 0.717) is 5.56 Å². The Kier molecular flexibility index (Phi) is 3.05. The molecule has 0 unspecified atom stereocenters. The molecule has 0 fully saturated rings. The monoisotopic (exact) mass is 277 g/mol. The highest BCUT2D eigenvalue weighted by Crippen LogP contribution is 2.10. The van der Waals surface area contributed by atoms with Crippen LogP contribution in [0.1, 0.15) is 11.6 Å². The number of quaternary nitrogens is 1. The summed E-state index contributed by atoms with van der Waals surface area (Å²) in [7, 11) is 0. The lowest BCUT2D eigenvalue weighted by Crippen LogP contribution is -2.61. The lowest BCUT2D eigenvalue weighted by molar-refractivity contribution is -0.443. The molecular formula is C8H8INO2. The molecule has 0 aromatic heterocycles. The van der Waals surface area contributed by atoms with Gasteiger partial charge in [-0.2, -0.15) is 0 Å². The summed E-state index contributed by atoms with van der Waals surface area (Å²) in [6, 6.07) is 6.40. The van der Waals surface area contributed by atoms with Gasteiger partial charge in [0.25, 0.3) is 0 Å². The molecule has 1 aromatic carbocycles. The molecule has 1 rings (SSSR count). The van der Waals surface area contributed by atoms with Crippen molar-refractivity contribution in [1.82, 2.24) is 0 Å². The molecule has 0 spiro atoms. The molecule has 0 heterocycles. The number of carbonyl (C=O) groups is 1. The van der Waals surface area contributed by atoms with Crippen molar-refractivity contribution in [3.63, 3.8) is 0 Å². The molecule has 0 bridgehead atoms. The van der Waals surface area contributed by atoms with Crippen LogP contribution in [0.25, 0.3) is 0 Å². The van der Waals surface area contributed by atoms with Crippen LogP contribution in [-0.4, -0.2) is 5.97 Å². The molecule has 3 nitrogen and oxygen atoms in total. The smallest absolute Gasteiger partial charge is 0.150 e. The van der Waals surface area contributed by atoms with Gasteiger partial charge >= 0.3 is 0 Å². The number of carbonyl (C=O) groups excluding carboxylic acids is 1. The van der Waals surface area contributed by atoms with Crippen LogP contribution in [0.3, 0.4) is 0 Å². The zero-order valence-corrected chi connectivity index (χ0v) is 8.45. The summed E-state index contributed by atoms with van der Waals surface area (Å²) in [5.41, 5.74) is 4.15. The van der Waals surface area contributed by atoms with E-state index in [0.717, 1.165) is 3.57 Å². The second kappa shape index (κ2) is 3.86. The van der Waals surface area contributed by atoms with E-state index in [1.807, 2.05) is 12.1 Å². The van der Waals surface area contributed by atoms with Crippen molar-refractivity contribution in [2.24, 2.45) is 0 Å². The van der Waals surface area contributed by atoms with Gasteiger partial charge in [0.15, 0.2) is 6.04 Å². The fourth-order valence-electron chi connectivity index (χ4n) is 0.831. The van der Waals surface area contributed by atoms with Crippen LogP contribution in [0, 0.1) is 3.57 Å². The summed E-state index contributed by atoms with van der Waals surface area (Å²) in [4.78, 5) is 10.4. The topological polar surface area (TPSA) is 67.8 Å². The predicted octanol–water partition coefficient (Wildman–Crippen LogP) is -0.676. The van der Waals surface area contributed by atoms with Crippen LogP contribution < -0.4 is 10.8 Å². The molecule has 0 amide bonds. The van der Waals surface area contributed by atoms with Crippen LogP contribution in [-0.2, 0) is 4.79 Å². The average molecular weight is 277 g/mol. The Morgan fingerprint density at radius 1 is 1.42 bits per heavy atom. The maximum Gasteiger partial charge on any atom is 0.150 e. The molecular weight excluding hydrogens is 269 g/mol. The van der Waals surface area contributed by atoms with E-state index in [9.17, 15) is 9.90 Å². The van der Waals surface area contributed by atoms with E-state index in [1.165, 1.54) is 0 Å². The van der Waals surface area contributed by atoms with Crippen LogP contribution in [0.5, 0.6) is 0 Å². The van der Waals surface area contributed by atoms with E-state index < -0.39 is 12.0 Å². The molecule has 0 saturated heterocycles. The van der Waals surface area contributed by atoms with Crippen LogP contribution in [0.4, 0.5) is 0 Å². The fourth-order valence-corrected chi connectivity index (χ4v) is 1.19. The highest BCUT2D eigenvalue weighted by Gasteiger charge is 2.09. The summed E-state index contributed by atoms with van der Waals surface area (Å²) in [5.74, 6) is -1.14. The van der Waals surface area contributed by atoms with Gasteiger partial charge in [-0.15, -0.1) is 0 Å². The first-order valence-corrected chi connectivity index (χ1v) is 4.48. The molecule has 64 valence electrons. The van der Waals surface area contributed by atoms with Gasteiger partial charge in [-0.3, -0.25) is 0 Å². The van der Waals surface area contributed by atoms with Crippen molar-refractivity contribution in [3.05, 3.63) is 33.4 Å². The third kappa shape index (κ3) is 2.18. The summed E-state index contributed by atoms with van der Waals surface area (Å²) in [6.45, 7) is 0. The van der Waals surface area contributed by atoms with Crippen molar-refractivity contribution in [2.75, 3.05) is 0 Å². The summed E-state index contributed by atoms with van der Waals surface area (Å²) >= 11 is 2.15. The zero-order valence-electron chi connectivity index (χ0n) is 6.29. The SMILES string of the molecule is [NH3+][C@@H](C(=O)[O-])c1ccc(I)cc1. The van der Waals surface area contributed by atoms with E-state index >= 15 is 0 Å². The Bertz CT molecular complexity index is 284. The molecule has 3 N–H and O–H groups in total. The van der Waals surface area contributed by atoms with E-state index in [1.54, 1.807) is 12.1 Å². The number of hydrogen-bond donors (Lipinski definition) is 1. The second-order valence-corrected chi connectivity index (χ2v) is 3.67. The second-order valence-electron chi connectivity index (χ2n) is 2.42. The van der Waals surface area contributed by atoms with Crippen LogP contribution in [0.2, 0.25) is 0 Å². The lowest BCUT2D eigenvalue weighted by atomic mass is 10.1. The molecule has 1 atom stereocenters. The van der Waals surface area contributed by atoms with Crippen LogP contribution in [0.15, 0.2) is 24.3 Å². The minimum Gasteiger partial charge on any atom is -0.544 e. The molecule has 0 saturated carbocycles. The van der Waals surface area contributed by atoms with Gasteiger partial charge in [0, 0.05) is 9.13 Å². The first kappa shape index (κ1) is 9.47. The maximum absolute atomic E-state index is 10.4. The molecule has 1 aromatic rings. The van der Waals surface area contributed by atoms with Crippen molar-refractivity contribution in [1.29, 1.82) is 0 Å². The molecule has 12 heavy (non-hydrogen) atoms. The minimum atomic E-state index is -1.14. The highest BCUT2D eigenvalue weighted by atomic mass is 127. The van der Waals surface area contributed by atoms with Gasteiger partial charge in [-0.05, 0) is 34.7 Å². The van der Waals surface area contributed by atoms with Crippen molar-refractivity contribution < 1.29 is 15.6 Å². The zero-order chi connectivity index (χ0) is 9.14. The Hall–Kier alpha value is -0.620. The number of hydrogen-bond acceptors (Lipinski definition) is 2. The highest BCUT2D eigenvalue weighted by molar-refractivity contribution is 14.1. The van der Waals surface area contributed by atoms with Crippen LogP contribution >= 0.6 is 22.6 Å². The average Bonchev–Trinajstić information content (AvgIpc) is 2.04. The van der Waals surface area contributed by atoms with Crippen molar-refractivity contribution in [2.45, 2.75) is 6.04 Å². The van der Waals surface area contributed by atoms with Gasteiger partial charge in [0.05, 0.1) is 0 Å². The molecule has 0 aliphatic rings. The first-order chi connectivity index (χ1) is 5.61. The molecule has 4 heteroatoms. The van der Waals surface area contributed by atoms with Gasteiger partial charge in [0.1, 0.15) is 5.97 Å². The number of halogens is 1. The quantitative estimate of drug-likeness (QED) is 0.728. The number of carboxylic acid groups (broad SMARTS) is 1. The largest absolute Gasteiger partial charge is 0.544 e. The molecule has 0 aliphatic heterocycles. The van der Waals surface area contributed by atoms with Gasteiger partial charge in [-0.1, -0.05) is 12.1 Å². The normalized spacial score (nSPS) is 12.5. The summed E-state index contributed by atoms with van der Waals surface area (Å²) in [6.07, 6.45) is 0. The van der Waals surface area contributed by atoms with Gasteiger partial charge < -0.3 is 15.6 Å². The van der Waals surface area contributed by atoms with E-state index in [-0.39, 0.29) is 0 Å². The standard InChI is InChI=1S/C8H8INO2/c9-6-3-1-5(2-4-6)7(10)8(11)12/h1-4,7H,10H2,(H,11,12)/t7-/m1/s1. The third-order valence-electron chi connectivity index (χ3n) is 1.56. The van der Waals surface area contributed by atoms with Gasteiger partial charge in [-0.25, -0.2) is 0 Å². The minimum absolute atomic E-state index is 0.676.